The van der Waals surface area contributed by atoms with E-state index >= 15 is 0 Å². The van der Waals surface area contributed by atoms with Crippen molar-refractivity contribution in [2.24, 2.45) is 11.1 Å². The summed E-state index contributed by atoms with van der Waals surface area (Å²) in [5.74, 6) is 0.432. The summed E-state index contributed by atoms with van der Waals surface area (Å²) in [6, 6.07) is 9.88. The number of benzene rings is 1. The summed E-state index contributed by atoms with van der Waals surface area (Å²) in [5.41, 5.74) is 4.33. The van der Waals surface area contributed by atoms with E-state index in [4.69, 9.17) is 0 Å². The SMILES string of the molecule is C[C@H]1C/C(=N/O)c2cc(-c3ccc(Br)cc3)nnc2C1. The van der Waals surface area contributed by atoms with Crippen molar-refractivity contribution in [3.63, 3.8) is 0 Å². The molecule has 0 bridgehead atoms. The Morgan fingerprint density at radius 2 is 1.95 bits per heavy atom. The first-order valence-corrected chi connectivity index (χ1v) is 7.30. The van der Waals surface area contributed by atoms with Crippen LogP contribution in [0.2, 0.25) is 0 Å². The minimum Gasteiger partial charge on any atom is -0.411 e. The van der Waals surface area contributed by atoms with E-state index in [1.54, 1.807) is 0 Å². The fourth-order valence-electron chi connectivity index (χ4n) is 2.52. The molecule has 0 unspecified atom stereocenters. The van der Waals surface area contributed by atoms with Crippen molar-refractivity contribution in [3.8, 4) is 11.3 Å². The van der Waals surface area contributed by atoms with Gasteiger partial charge in [-0.3, -0.25) is 0 Å². The van der Waals surface area contributed by atoms with Crippen molar-refractivity contribution in [1.82, 2.24) is 10.2 Å². The van der Waals surface area contributed by atoms with E-state index in [0.29, 0.717) is 11.6 Å². The Hall–Kier alpha value is -1.75. The standard InChI is InChI=1S/C15H14BrN3O/c1-9-6-14-12(15(7-9)19-20)8-13(17-18-14)10-2-4-11(16)5-3-10/h2-5,8-9,20H,6-7H2,1H3/b19-15-/t9-/m1/s1. The Labute approximate surface area is 125 Å². The van der Waals surface area contributed by atoms with E-state index in [1.165, 1.54) is 0 Å². The molecule has 0 radical (unpaired) electrons. The van der Waals surface area contributed by atoms with Crippen molar-refractivity contribution >= 4 is 21.6 Å². The maximum Gasteiger partial charge on any atom is 0.0936 e. The van der Waals surface area contributed by atoms with E-state index in [9.17, 15) is 5.21 Å². The number of aromatic nitrogens is 2. The molecule has 3 rings (SSSR count). The molecule has 102 valence electrons. The summed E-state index contributed by atoms with van der Waals surface area (Å²) in [5, 5.41) is 21.2. The molecule has 0 saturated heterocycles. The van der Waals surface area contributed by atoms with Crippen LogP contribution in [0.4, 0.5) is 0 Å². The van der Waals surface area contributed by atoms with Crippen molar-refractivity contribution in [3.05, 3.63) is 46.1 Å². The third kappa shape index (κ3) is 2.45. The summed E-state index contributed by atoms with van der Waals surface area (Å²) in [6.07, 6.45) is 1.65. The Kier molecular flexibility index (Phi) is 3.53. The number of hydrogen-bond donors (Lipinski definition) is 1. The van der Waals surface area contributed by atoms with Gasteiger partial charge in [0.15, 0.2) is 0 Å². The zero-order valence-electron chi connectivity index (χ0n) is 11.0. The van der Waals surface area contributed by atoms with Gasteiger partial charge in [0.2, 0.25) is 0 Å². The van der Waals surface area contributed by atoms with Crippen LogP contribution < -0.4 is 0 Å². The maximum absolute atomic E-state index is 9.19. The minimum atomic E-state index is 0.432. The largest absolute Gasteiger partial charge is 0.411 e. The fourth-order valence-corrected chi connectivity index (χ4v) is 2.78. The van der Waals surface area contributed by atoms with Crippen molar-refractivity contribution < 1.29 is 5.21 Å². The highest BCUT2D eigenvalue weighted by Gasteiger charge is 2.23. The van der Waals surface area contributed by atoms with Gasteiger partial charge in [0.25, 0.3) is 0 Å². The van der Waals surface area contributed by atoms with Gasteiger partial charge in [-0.15, -0.1) is 0 Å². The van der Waals surface area contributed by atoms with Gasteiger partial charge in [-0.25, -0.2) is 0 Å². The van der Waals surface area contributed by atoms with Crippen LogP contribution in [0, 0.1) is 5.92 Å². The van der Waals surface area contributed by atoms with Gasteiger partial charge in [0.05, 0.1) is 17.1 Å². The Morgan fingerprint density at radius 1 is 1.20 bits per heavy atom. The van der Waals surface area contributed by atoms with Crippen LogP contribution >= 0.6 is 15.9 Å². The molecular weight excluding hydrogens is 318 g/mol. The Bertz CT molecular complexity index is 667. The molecule has 0 spiro atoms. The second-order valence-corrected chi connectivity index (χ2v) is 6.07. The van der Waals surface area contributed by atoms with Crippen molar-refractivity contribution in [2.45, 2.75) is 19.8 Å². The molecule has 0 fully saturated rings. The molecule has 1 N–H and O–H groups in total. The van der Waals surface area contributed by atoms with Crippen LogP contribution in [0.5, 0.6) is 0 Å². The van der Waals surface area contributed by atoms with Crippen molar-refractivity contribution in [1.29, 1.82) is 0 Å². The van der Waals surface area contributed by atoms with Gasteiger partial charge < -0.3 is 5.21 Å². The lowest BCUT2D eigenvalue weighted by molar-refractivity contribution is 0.316. The Morgan fingerprint density at radius 3 is 2.65 bits per heavy atom. The first-order chi connectivity index (χ1) is 9.67. The van der Waals surface area contributed by atoms with Gasteiger partial charge in [0.1, 0.15) is 0 Å². The fraction of sp³-hybridized carbons (Fsp3) is 0.267. The van der Waals surface area contributed by atoms with Gasteiger partial charge in [-0.1, -0.05) is 40.1 Å². The van der Waals surface area contributed by atoms with Crippen LogP contribution in [0.25, 0.3) is 11.3 Å². The molecular formula is C15H14BrN3O. The highest BCUT2D eigenvalue weighted by atomic mass is 79.9. The first kappa shape index (κ1) is 13.2. The smallest absolute Gasteiger partial charge is 0.0936 e. The number of nitrogens with zero attached hydrogens (tertiary/aromatic N) is 3. The summed E-state index contributed by atoms with van der Waals surface area (Å²) < 4.78 is 1.03. The topological polar surface area (TPSA) is 58.4 Å². The van der Waals surface area contributed by atoms with E-state index in [-0.39, 0.29) is 0 Å². The minimum absolute atomic E-state index is 0.432. The maximum atomic E-state index is 9.19. The molecule has 0 saturated carbocycles. The third-order valence-corrected chi connectivity index (χ3v) is 4.05. The molecule has 1 aromatic carbocycles. The molecule has 1 heterocycles. The molecule has 1 aromatic heterocycles. The molecule has 1 aliphatic carbocycles. The second kappa shape index (κ2) is 5.32. The lowest BCUT2D eigenvalue weighted by Gasteiger charge is -2.21. The number of rotatable bonds is 1. The number of hydrogen-bond acceptors (Lipinski definition) is 4. The van der Waals surface area contributed by atoms with Gasteiger partial charge in [-0.05, 0) is 37.0 Å². The van der Waals surface area contributed by atoms with Crippen LogP contribution in [-0.2, 0) is 6.42 Å². The quantitative estimate of drug-likeness (QED) is 0.640. The first-order valence-electron chi connectivity index (χ1n) is 6.51. The molecule has 2 aromatic rings. The summed E-state index contributed by atoms with van der Waals surface area (Å²) in [7, 11) is 0. The van der Waals surface area contributed by atoms with Gasteiger partial charge in [0, 0.05) is 15.6 Å². The summed E-state index contributed by atoms with van der Waals surface area (Å²) in [4.78, 5) is 0. The van der Waals surface area contributed by atoms with E-state index < -0.39 is 0 Å². The molecule has 0 aliphatic heterocycles. The van der Waals surface area contributed by atoms with E-state index in [1.807, 2.05) is 30.3 Å². The number of halogens is 1. The average molecular weight is 332 g/mol. The zero-order valence-corrected chi connectivity index (χ0v) is 12.6. The molecule has 20 heavy (non-hydrogen) atoms. The van der Waals surface area contributed by atoms with E-state index in [0.717, 1.165) is 39.8 Å². The van der Waals surface area contributed by atoms with Gasteiger partial charge >= 0.3 is 0 Å². The van der Waals surface area contributed by atoms with Crippen LogP contribution in [0.3, 0.4) is 0 Å². The molecule has 1 aliphatic rings. The molecule has 4 nitrogen and oxygen atoms in total. The Balaban J connectivity index is 2.06. The van der Waals surface area contributed by atoms with Crippen LogP contribution in [0.15, 0.2) is 40.0 Å². The third-order valence-electron chi connectivity index (χ3n) is 3.53. The van der Waals surface area contributed by atoms with Crippen LogP contribution in [0.1, 0.15) is 24.6 Å². The average Bonchev–Trinajstić information content (AvgIpc) is 2.46. The summed E-state index contributed by atoms with van der Waals surface area (Å²) >= 11 is 3.42. The lowest BCUT2D eigenvalue weighted by Crippen LogP contribution is -2.21. The summed E-state index contributed by atoms with van der Waals surface area (Å²) in [6.45, 7) is 2.12. The van der Waals surface area contributed by atoms with Crippen LogP contribution in [-0.4, -0.2) is 21.1 Å². The van der Waals surface area contributed by atoms with Crippen molar-refractivity contribution in [2.75, 3.05) is 0 Å². The van der Waals surface area contributed by atoms with Gasteiger partial charge in [-0.2, -0.15) is 10.2 Å². The predicted molar refractivity (Wildman–Crippen MR) is 81.0 cm³/mol. The number of fused-ring (bicyclic) bond motifs is 1. The molecule has 0 amide bonds. The zero-order chi connectivity index (χ0) is 14.1. The lowest BCUT2D eigenvalue weighted by atomic mass is 9.86. The van der Waals surface area contributed by atoms with E-state index in [2.05, 4.69) is 38.2 Å². The monoisotopic (exact) mass is 331 g/mol. The second-order valence-electron chi connectivity index (χ2n) is 5.16. The highest BCUT2D eigenvalue weighted by molar-refractivity contribution is 9.10. The normalized spacial score (nSPS) is 19.9. The predicted octanol–water partition coefficient (Wildman–Crippen LogP) is 3.67. The number of oxime groups is 1. The highest BCUT2D eigenvalue weighted by Crippen LogP contribution is 2.27. The molecule has 5 heteroatoms. The molecule has 1 atom stereocenters.